The summed E-state index contributed by atoms with van der Waals surface area (Å²) in [4.78, 5) is 19.4. The number of halogens is 4. The lowest BCUT2D eigenvalue weighted by atomic mass is 10.1. The number of carbonyl (C=O) groups is 1. The molecule has 1 aromatic carbocycles. The standard InChI is InChI=1S/C18H15ClF3N3O2S/c1-10(16(26)27)6-7-25-14-5-3-2-4-13(14)24-17(25)28-15-12(19)8-11(9-23-15)18(20,21)22/h2-5,8-10H,6-7H2,1H3,(H,26,27). The number of aromatic nitrogens is 3. The lowest BCUT2D eigenvalue weighted by Gasteiger charge is -2.12. The van der Waals surface area contributed by atoms with E-state index in [1.165, 1.54) is 0 Å². The van der Waals surface area contributed by atoms with Gasteiger partial charge in [-0.3, -0.25) is 4.79 Å². The molecule has 1 unspecified atom stereocenters. The largest absolute Gasteiger partial charge is 0.481 e. The van der Waals surface area contributed by atoms with Gasteiger partial charge in [0.1, 0.15) is 5.03 Å². The fourth-order valence-corrected chi connectivity index (χ4v) is 3.70. The summed E-state index contributed by atoms with van der Waals surface area (Å²) in [5.74, 6) is -1.45. The first-order chi connectivity index (χ1) is 13.2. The number of para-hydroxylation sites is 2. The van der Waals surface area contributed by atoms with Crippen molar-refractivity contribution in [3.8, 4) is 0 Å². The SMILES string of the molecule is CC(CCn1c(Sc2ncc(C(F)(F)F)cc2Cl)nc2ccccc21)C(=O)O. The van der Waals surface area contributed by atoms with E-state index in [1.807, 2.05) is 22.8 Å². The Bertz CT molecular complexity index is 1020. The van der Waals surface area contributed by atoms with Crippen molar-refractivity contribution in [3.05, 3.63) is 47.1 Å². The van der Waals surface area contributed by atoms with Gasteiger partial charge in [-0.1, -0.05) is 30.7 Å². The van der Waals surface area contributed by atoms with E-state index in [0.717, 1.165) is 29.5 Å². The number of hydrogen-bond donors (Lipinski definition) is 1. The molecule has 28 heavy (non-hydrogen) atoms. The number of hydrogen-bond acceptors (Lipinski definition) is 4. The van der Waals surface area contributed by atoms with Crippen LogP contribution < -0.4 is 0 Å². The second-order valence-electron chi connectivity index (χ2n) is 6.17. The number of imidazole rings is 1. The van der Waals surface area contributed by atoms with E-state index >= 15 is 0 Å². The number of alkyl halides is 3. The first-order valence-corrected chi connectivity index (χ1v) is 9.45. The molecule has 0 radical (unpaired) electrons. The van der Waals surface area contributed by atoms with Crippen molar-refractivity contribution in [2.24, 2.45) is 5.92 Å². The Morgan fingerprint density at radius 1 is 1.36 bits per heavy atom. The lowest BCUT2D eigenvalue weighted by Crippen LogP contribution is -2.13. The van der Waals surface area contributed by atoms with E-state index in [0.29, 0.717) is 23.6 Å². The number of aliphatic carboxylic acids is 1. The number of aryl methyl sites for hydroxylation is 1. The predicted molar refractivity (Wildman–Crippen MR) is 99.5 cm³/mol. The highest BCUT2D eigenvalue weighted by Crippen LogP contribution is 2.37. The molecule has 0 fully saturated rings. The monoisotopic (exact) mass is 429 g/mol. The van der Waals surface area contributed by atoms with Crippen LogP contribution in [0.15, 0.2) is 46.7 Å². The molecule has 0 aliphatic carbocycles. The van der Waals surface area contributed by atoms with Crippen LogP contribution in [0.2, 0.25) is 5.02 Å². The summed E-state index contributed by atoms with van der Waals surface area (Å²) in [6.07, 6.45) is -3.43. The molecular formula is C18H15ClF3N3O2S. The Labute approximate surface area is 167 Å². The number of pyridine rings is 1. The van der Waals surface area contributed by atoms with Crippen LogP contribution >= 0.6 is 23.4 Å². The van der Waals surface area contributed by atoms with Gasteiger partial charge in [-0.05, 0) is 36.4 Å². The van der Waals surface area contributed by atoms with Crippen LogP contribution in [0.4, 0.5) is 13.2 Å². The minimum Gasteiger partial charge on any atom is -0.481 e. The number of carboxylic acids is 1. The Hall–Kier alpha value is -2.26. The van der Waals surface area contributed by atoms with Crippen LogP contribution in [-0.4, -0.2) is 25.6 Å². The molecular weight excluding hydrogens is 415 g/mol. The van der Waals surface area contributed by atoms with Gasteiger partial charge in [-0.15, -0.1) is 0 Å². The summed E-state index contributed by atoms with van der Waals surface area (Å²) < 4.78 is 40.2. The van der Waals surface area contributed by atoms with Crippen molar-refractivity contribution < 1.29 is 23.1 Å². The highest BCUT2D eigenvalue weighted by molar-refractivity contribution is 7.99. The number of benzene rings is 1. The van der Waals surface area contributed by atoms with Gasteiger partial charge in [0.25, 0.3) is 0 Å². The molecule has 3 rings (SSSR count). The van der Waals surface area contributed by atoms with Gasteiger partial charge in [-0.2, -0.15) is 13.2 Å². The van der Waals surface area contributed by atoms with E-state index in [2.05, 4.69) is 9.97 Å². The molecule has 0 amide bonds. The zero-order valence-electron chi connectivity index (χ0n) is 14.6. The van der Waals surface area contributed by atoms with Gasteiger partial charge in [0.05, 0.1) is 27.5 Å². The van der Waals surface area contributed by atoms with Crippen LogP contribution in [-0.2, 0) is 17.5 Å². The molecule has 148 valence electrons. The Kier molecular flexibility index (Phi) is 5.85. The van der Waals surface area contributed by atoms with Crippen LogP contribution in [0.25, 0.3) is 11.0 Å². The summed E-state index contributed by atoms with van der Waals surface area (Å²) in [6.45, 7) is 2.00. The third kappa shape index (κ3) is 4.41. The Balaban J connectivity index is 1.94. The van der Waals surface area contributed by atoms with Crippen LogP contribution in [0.3, 0.4) is 0 Å². The van der Waals surface area contributed by atoms with Gasteiger partial charge < -0.3 is 9.67 Å². The second-order valence-corrected chi connectivity index (χ2v) is 7.54. The maximum absolute atomic E-state index is 12.8. The van der Waals surface area contributed by atoms with Crippen LogP contribution in [0.1, 0.15) is 18.9 Å². The van der Waals surface area contributed by atoms with E-state index < -0.39 is 23.6 Å². The van der Waals surface area contributed by atoms with Gasteiger partial charge in [-0.25, -0.2) is 9.97 Å². The molecule has 2 heterocycles. The van der Waals surface area contributed by atoms with Crippen LogP contribution in [0, 0.1) is 5.92 Å². The third-order valence-corrected chi connectivity index (χ3v) is 5.56. The molecule has 1 N–H and O–H groups in total. The molecule has 5 nitrogen and oxygen atoms in total. The molecule has 0 aliphatic rings. The molecule has 0 spiro atoms. The average Bonchev–Trinajstić information content (AvgIpc) is 2.97. The third-order valence-electron chi connectivity index (χ3n) is 4.15. The van der Waals surface area contributed by atoms with Crippen molar-refractivity contribution in [1.82, 2.24) is 14.5 Å². The average molecular weight is 430 g/mol. The maximum Gasteiger partial charge on any atom is 0.417 e. The fourth-order valence-electron chi connectivity index (χ4n) is 2.54. The second kappa shape index (κ2) is 8.00. The molecule has 0 bridgehead atoms. The van der Waals surface area contributed by atoms with Crippen molar-refractivity contribution in [2.45, 2.75) is 36.2 Å². The van der Waals surface area contributed by atoms with Crippen molar-refractivity contribution in [1.29, 1.82) is 0 Å². The van der Waals surface area contributed by atoms with E-state index in [4.69, 9.17) is 16.7 Å². The molecule has 1 atom stereocenters. The van der Waals surface area contributed by atoms with Gasteiger partial charge in [0, 0.05) is 12.7 Å². The Morgan fingerprint density at radius 2 is 2.07 bits per heavy atom. The van der Waals surface area contributed by atoms with E-state index in [-0.39, 0.29) is 10.0 Å². The maximum atomic E-state index is 12.8. The highest BCUT2D eigenvalue weighted by Gasteiger charge is 2.31. The minimum absolute atomic E-state index is 0.127. The number of rotatable bonds is 6. The molecule has 0 saturated heterocycles. The van der Waals surface area contributed by atoms with Gasteiger partial charge >= 0.3 is 12.1 Å². The summed E-state index contributed by atoms with van der Waals surface area (Å²) >= 11 is 7.05. The topological polar surface area (TPSA) is 68.0 Å². The summed E-state index contributed by atoms with van der Waals surface area (Å²) in [5, 5.41) is 9.65. The van der Waals surface area contributed by atoms with Crippen molar-refractivity contribution in [3.63, 3.8) is 0 Å². The van der Waals surface area contributed by atoms with Crippen LogP contribution in [0.5, 0.6) is 0 Å². The normalized spacial score (nSPS) is 13.0. The molecule has 0 aliphatic heterocycles. The van der Waals surface area contributed by atoms with Gasteiger partial charge in [0.15, 0.2) is 5.16 Å². The number of fused-ring (bicyclic) bond motifs is 1. The zero-order valence-corrected chi connectivity index (χ0v) is 16.1. The molecule has 2 aromatic heterocycles. The van der Waals surface area contributed by atoms with E-state index in [9.17, 15) is 18.0 Å². The minimum atomic E-state index is -4.53. The number of carboxylic acid groups (broad SMARTS) is 1. The summed E-state index contributed by atoms with van der Waals surface area (Å²) in [7, 11) is 0. The first kappa shape index (κ1) is 20.5. The summed E-state index contributed by atoms with van der Waals surface area (Å²) in [5.41, 5.74) is 0.562. The lowest BCUT2D eigenvalue weighted by molar-refractivity contribution is -0.141. The van der Waals surface area contributed by atoms with Crippen molar-refractivity contribution >= 4 is 40.4 Å². The van der Waals surface area contributed by atoms with Crippen molar-refractivity contribution in [2.75, 3.05) is 0 Å². The van der Waals surface area contributed by atoms with Gasteiger partial charge in [0.2, 0.25) is 0 Å². The zero-order chi connectivity index (χ0) is 20.5. The first-order valence-electron chi connectivity index (χ1n) is 8.25. The predicted octanol–water partition coefficient (Wildman–Crippen LogP) is 5.37. The van der Waals surface area contributed by atoms with E-state index in [1.54, 1.807) is 13.0 Å². The molecule has 3 aromatic rings. The molecule has 0 saturated carbocycles. The molecule has 10 heteroatoms. The highest BCUT2D eigenvalue weighted by atomic mass is 35.5. The summed E-state index contributed by atoms with van der Waals surface area (Å²) in [6, 6.07) is 8.13. The quantitative estimate of drug-likeness (QED) is 0.571. The number of nitrogens with zero attached hydrogens (tertiary/aromatic N) is 3. The smallest absolute Gasteiger partial charge is 0.417 e. The fraction of sp³-hybridized carbons (Fsp3) is 0.278. The Morgan fingerprint density at radius 3 is 2.71 bits per heavy atom.